The summed E-state index contributed by atoms with van der Waals surface area (Å²) in [6.07, 6.45) is -0.830. The van der Waals surface area contributed by atoms with Crippen LogP contribution < -0.4 is 26.2 Å². The number of benzene rings is 17. The number of aromatic nitrogens is 4. The van der Waals surface area contributed by atoms with E-state index in [1.807, 2.05) is 84.9 Å². The summed E-state index contributed by atoms with van der Waals surface area (Å²) in [5.41, 5.74) is 17.4. The van der Waals surface area contributed by atoms with Crippen LogP contribution in [0, 0.1) is 0 Å². The molecule has 3 aliphatic rings. The van der Waals surface area contributed by atoms with Crippen molar-refractivity contribution in [3.8, 4) is 89.5 Å². The number of para-hydroxylation sites is 5. The van der Waals surface area contributed by atoms with Crippen molar-refractivity contribution in [1.82, 2.24) is 18.3 Å². The van der Waals surface area contributed by atoms with E-state index in [9.17, 15) is 26.0 Å². The van der Waals surface area contributed by atoms with Gasteiger partial charge in [-0.25, -0.2) is 0 Å². The van der Waals surface area contributed by atoms with Crippen LogP contribution in [0.5, 0.6) is 0 Å². The van der Waals surface area contributed by atoms with Crippen LogP contribution in [0.1, 0.15) is 116 Å². The van der Waals surface area contributed by atoms with Crippen molar-refractivity contribution in [2.45, 2.75) is 78.6 Å². The van der Waals surface area contributed by atoms with E-state index < -0.39 is 184 Å². The quantitative estimate of drug-likeness (QED) is 0.112. The molecule has 6 nitrogen and oxygen atoms in total. The lowest BCUT2D eigenvalue weighted by molar-refractivity contribution is 0.590. The summed E-state index contributed by atoms with van der Waals surface area (Å²) in [5.74, 6) is 0. The van der Waals surface area contributed by atoms with E-state index in [2.05, 4.69) is 241 Å². The summed E-state index contributed by atoms with van der Waals surface area (Å²) < 4.78 is 229. The Kier molecular flexibility index (Phi) is 12.3. The molecule has 24 rings (SSSR count). The van der Waals surface area contributed by atoms with Gasteiger partial charge in [-0.3, -0.25) is 0 Å². The number of hydrogen-bond donors (Lipinski definition) is 0. The van der Waals surface area contributed by atoms with Crippen molar-refractivity contribution in [2.75, 3.05) is 9.80 Å². The Morgan fingerprint density at radius 1 is 0.307 bits per heavy atom. The van der Waals surface area contributed by atoms with Gasteiger partial charge in [0.15, 0.2) is 0 Å². The SMILES string of the molecule is [2H]C(=C)/C([2H])=C(/[2H])c1c([2H])n(-c2c([2H])c([2H])c3c(c2[2H])c2c([2H])c([2H])c([2H])c([2H])c2n3-c2ccc3c(c2)N2c4cc(C(C)(C)C)cc5c4B3c3ccc(-n4c6c([2H])c([2H])c([2H])c([2H])c6c6c([2H])c([2H])c([2H])c([2H])c64)cc3N5c3c(-c4ccccc4)cc(C(C)(C)C)cc3-c3cccc(c3)-c3ccc4c(c3)c3cc(ccc3n4-c3ccccc3)-c3cccc(c3)-c3cc(C(C)(C)C)cc(-c4ccccc4)c32)c2c([2H])c([2H])c([2H])c([2H])c12. The highest BCUT2D eigenvalue weighted by molar-refractivity contribution is 7.00. The molecule has 0 aliphatic carbocycles. The second kappa shape index (κ2) is 28.4. The molecule has 3 aliphatic heterocycles. The van der Waals surface area contributed by atoms with Crippen LogP contribution in [0.3, 0.4) is 0 Å². The fourth-order valence-electron chi connectivity index (χ4n) is 19.7. The molecule has 7 heteroatoms. The van der Waals surface area contributed by atoms with Gasteiger partial charge in [0.2, 0.25) is 0 Å². The van der Waals surface area contributed by atoms with E-state index in [4.69, 9.17) is 5.48 Å². The minimum atomic E-state index is -0.929. The molecule has 606 valence electrons. The molecule has 0 unspecified atom stereocenters. The van der Waals surface area contributed by atoms with Crippen molar-refractivity contribution in [3.63, 3.8) is 0 Å². The summed E-state index contributed by atoms with van der Waals surface area (Å²) in [6, 6.07) is 71.5. The van der Waals surface area contributed by atoms with E-state index in [-0.39, 0.29) is 55.0 Å². The fourth-order valence-corrected chi connectivity index (χ4v) is 19.7. The van der Waals surface area contributed by atoms with Gasteiger partial charge in [0.05, 0.1) is 81.5 Å². The maximum absolute atomic E-state index is 10.8. The number of allylic oxidation sites excluding steroid dienone is 2. The van der Waals surface area contributed by atoms with Gasteiger partial charge in [0.25, 0.3) is 6.71 Å². The molecular weight excluding hydrogens is 1540 g/mol. The van der Waals surface area contributed by atoms with Gasteiger partial charge in [-0.1, -0.05) is 299 Å². The Bertz CT molecular complexity index is 9420. The molecule has 0 radical (unpaired) electrons. The number of rotatable bonds is 8. The van der Waals surface area contributed by atoms with Crippen LogP contribution in [-0.4, -0.2) is 25.0 Å². The van der Waals surface area contributed by atoms with Gasteiger partial charge >= 0.3 is 0 Å². The molecule has 7 heterocycles. The van der Waals surface area contributed by atoms with Crippen LogP contribution in [0.2, 0.25) is 0 Å². The van der Waals surface area contributed by atoms with E-state index in [0.29, 0.717) is 45.0 Å². The predicted octanol–water partition coefficient (Wildman–Crippen LogP) is 30.4. The number of hydrogen-bond acceptors (Lipinski definition) is 2. The first-order valence-electron chi connectivity index (χ1n) is 54.3. The zero-order chi connectivity index (χ0) is 106. The topological polar surface area (TPSA) is 26.2 Å². The minimum absolute atomic E-state index is 0.106. The lowest BCUT2D eigenvalue weighted by Crippen LogP contribution is -2.61. The van der Waals surface area contributed by atoms with Gasteiger partial charge in [-0.05, 0) is 245 Å². The largest absolute Gasteiger partial charge is 0.316 e. The number of nitrogens with zero attached hydrogens (tertiary/aromatic N) is 6. The fraction of sp³-hybridized carbons (Fsp3) is 0.100. The molecule has 0 atom stereocenters. The Balaban J connectivity index is 0.912. The van der Waals surface area contributed by atoms with E-state index in [1.54, 1.807) is 10.6 Å². The molecule has 21 aromatic rings. The second-order valence-electron chi connectivity index (χ2n) is 36.4. The zero-order valence-corrected chi connectivity index (χ0v) is 71.1. The first-order valence-corrected chi connectivity index (χ1v) is 42.8. The summed E-state index contributed by atoms with van der Waals surface area (Å²) >= 11 is 0. The molecule has 4 aromatic heterocycles. The van der Waals surface area contributed by atoms with Crippen molar-refractivity contribution >= 4 is 140 Å². The molecule has 0 fully saturated rings. The molecule has 17 aromatic carbocycles. The average molecular weight is 1650 g/mol. The molecule has 0 saturated carbocycles. The molecule has 0 saturated heterocycles. The van der Waals surface area contributed by atoms with E-state index >= 15 is 0 Å². The normalized spacial score (nSPS) is 15.7. The standard InChI is InChI=1S/C120H93BN6/c1-11-12-32-83-74-122(104-47-26-22-43-91(83)104)88-55-60-110-101(71-88)94-46-25-29-50-107(94)125(110)90-54-57-103-112(73-90)127-114-70-86(120(8,9)10)69-113-115(114)121(103)102-56-53-89(124-105-48-27-23-44-92(105)93-45-24-28-49-106(93)124)72-111(102)126(113)116-95(75-33-16-13-17-34-75)65-84(118(2,3)4)67-97(116)81-39-30-37-77(61-81)79-51-58-108-99(63-79)100-64-80(52-59-109(100)123(108)87-41-20-15-21-42-87)78-38-31-40-82(62-78)98-68-85(119(5,6)7)66-96(117(98)127)76-35-18-14-19-36-76/h11-74H,1H2,2-10H3/b32-12-/i11D,12D,22D,23D,24D,25D,26D,27D,28D,29D,32D,43D,44D,45D,46D,47D,48D,49D,50D,55D,60D,71D,74D. The third-order valence-corrected chi connectivity index (χ3v) is 25.8. The maximum atomic E-state index is 10.8. The highest BCUT2D eigenvalue weighted by Crippen LogP contribution is 2.57. The summed E-state index contributed by atoms with van der Waals surface area (Å²) in [4.78, 5) is 4.64. The maximum Gasteiger partial charge on any atom is 0.252 e. The van der Waals surface area contributed by atoms with Crippen molar-refractivity contribution < 1.29 is 31.5 Å². The molecule has 0 amide bonds. The van der Waals surface area contributed by atoms with Gasteiger partial charge in [0, 0.05) is 117 Å². The lowest BCUT2D eigenvalue weighted by Gasteiger charge is -2.47. The van der Waals surface area contributed by atoms with Crippen LogP contribution in [0.25, 0.3) is 172 Å². The van der Waals surface area contributed by atoms with Crippen molar-refractivity contribution in [1.29, 1.82) is 0 Å². The van der Waals surface area contributed by atoms with Gasteiger partial charge in [0.1, 0.15) is 0 Å². The van der Waals surface area contributed by atoms with Crippen molar-refractivity contribution in [3.05, 3.63) is 411 Å². The van der Waals surface area contributed by atoms with Crippen LogP contribution >= 0.6 is 0 Å². The van der Waals surface area contributed by atoms with Crippen LogP contribution in [0.15, 0.2) is 388 Å². The Hall–Kier alpha value is -15.2. The highest BCUT2D eigenvalue weighted by Gasteiger charge is 2.47. The molecule has 0 spiro atoms. The van der Waals surface area contributed by atoms with Crippen LogP contribution in [0.4, 0.5) is 34.1 Å². The number of fused-ring (bicyclic) bond motifs is 27. The van der Waals surface area contributed by atoms with Gasteiger partial charge in [-0.15, -0.1) is 0 Å². The molecule has 127 heavy (non-hydrogen) atoms. The first-order chi connectivity index (χ1) is 71.4. The smallest absolute Gasteiger partial charge is 0.252 e. The second-order valence-corrected chi connectivity index (χ2v) is 36.4. The zero-order valence-electron chi connectivity index (χ0n) is 94.1. The molecular formula is C120H93BN6. The van der Waals surface area contributed by atoms with Crippen LogP contribution in [-0.2, 0) is 16.2 Å². The predicted molar refractivity (Wildman–Crippen MR) is 542 cm³/mol. The van der Waals surface area contributed by atoms with Gasteiger partial charge in [-0.2, -0.15) is 0 Å². The highest BCUT2D eigenvalue weighted by atomic mass is 15.2. The first kappa shape index (κ1) is 55.1. The summed E-state index contributed by atoms with van der Waals surface area (Å²) in [5, 5.41) is 0.634. The number of anilines is 6. The van der Waals surface area contributed by atoms with E-state index in [0.717, 1.165) is 121 Å². The van der Waals surface area contributed by atoms with E-state index in [1.165, 1.54) is 4.57 Å². The lowest BCUT2D eigenvalue weighted by atomic mass is 9.33. The Morgan fingerprint density at radius 3 is 1.17 bits per heavy atom. The summed E-state index contributed by atoms with van der Waals surface area (Å²) in [7, 11) is 0. The molecule has 0 N–H and O–H groups in total. The minimum Gasteiger partial charge on any atom is -0.316 e. The molecule has 13 bridgehead atoms. The average Bonchev–Trinajstić information content (AvgIpc) is 0.884. The van der Waals surface area contributed by atoms with Gasteiger partial charge < -0.3 is 28.1 Å². The van der Waals surface area contributed by atoms with Crippen molar-refractivity contribution in [2.24, 2.45) is 0 Å². The Labute approximate surface area is 774 Å². The summed E-state index contributed by atoms with van der Waals surface area (Å²) in [6.45, 7) is 22.2. The monoisotopic (exact) mass is 1650 g/mol. The third kappa shape index (κ3) is 11.9. The third-order valence-electron chi connectivity index (χ3n) is 25.8. The Morgan fingerprint density at radius 2 is 0.701 bits per heavy atom.